The Balaban J connectivity index is 2.21. The van der Waals surface area contributed by atoms with E-state index in [1.165, 1.54) is 10.9 Å². The summed E-state index contributed by atoms with van der Waals surface area (Å²) in [4.78, 5) is 0. The van der Waals surface area contributed by atoms with Crippen LogP contribution >= 0.6 is 0 Å². The van der Waals surface area contributed by atoms with E-state index in [1.54, 1.807) is 6.92 Å². The van der Waals surface area contributed by atoms with Crippen molar-refractivity contribution >= 4 is 11.0 Å². The van der Waals surface area contributed by atoms with Crippen LogP contribution in [0.15, 0.2) is 28.7 Å². The molecule has 19 heavy (non-hydrogen) atoms. The van der Waals surface area contributed by atoms with E-state index in [4.69, 9.17) is 4.42 Å². The number of para-hydroxylation sites is 1. The van der Waals surface area contributed by atoms with Gasteiger partial charge in [0.2, 0.25) is 0 Å². The Labute approximate surface area is 114 Å². The highest BCUT2D eigenvalue weighted by Crippen LogP contribution is 2.27. The third kappa shape index (κ3) is 3.58. The molecule has 1 aromatic heterocycles. The number of hydrogen-bond donors (Lipinski definition) is 2. The fourth-order valence-corrected chi connectivity index (χ4v) is 2.29. The predicted molar refractivity (Wildman–Crippen MR) is 78.2 cm³/mol. The van der Waals surface area contributed by atoms with Crippen LogP contribution in [0.25, 0.3) is 11.0 Å². The molecule has 0 aliphatic heterocycles. The van der Waals surface area contributed by atoms with Crippen molar-refractivity contribution in [1.82, 2.24) is 5.32 Å². The van der Waals surface area contributed by atoms with Gasteiger partial charge < -0.3 is 14.8 Å². The first-order chi connectivity index (χ1) is 9.22. The molecule has 3 heteroatoms. The average Bonchev–Trinajstić information content (AvgIpc) is 2.74. The summed E-state index contributed by atoms with van der Waals surface area (Å²) in [5.74, 6) is 1.08. The largest absolute Gasteiger partial charge is 0.461 e. The number of nitrogens with one attached hydrogen (secondary N) is 1. The maximum absolute atomic E-state index is 9.32. The van der Waals surface area contributed by atoms with Crippen molar-refractivity contribution in [2.45, 2.75) is 45.8 Å². The van der Waals surface area contributed by atoms with Gasteiger partial charge in [-0.25, -0.2) is 0 Å². The Bertz CT molecular complexity index is 516. The second-order valence-corrected chi connectivity index (χ2v) is 5.08. The molecule has 0 spiro atoms. The van der Waals surface area contributed by atoms with Gasteiger partial charge in [0.25, 0.3) is 0 Å². The highest BCUT2D eigenvalue weighted by molar-refractivity contribution is 5.82. The van der Waals surface area contributed by atoms with Crippen LogP contribution < -0.4 is 5.32 Å². The molecule has 1 atom stereocenters. The Morgan fingerprint density at radius 3 is 2.84 bits per heavy atom. The zero-order chi connectivity index (χ0) is 13.7. The molecule has 1 aromatic carbocycles. The second-order valence-electron chi connectivity index (χ2n) is 5.08. The molecule has 2 aromatic rings. The molecule has 0 fully saturated rings. The lowest BCUT2D eigenvalue weighted by Crippen LogP contribution is -2.24. The van der Waals surface area contributed by atoms with Gasteiger partial charge in [-0.05, 0) is 19.4 Å². The van der Waals surface area contributed by atoms with Gasteiger partial charge in [0.1, 0.15) is 11.3 Å². The van der Waals surface area contributed by atoms with Gasteiger partial charge in [0, 0.05) is 30.5 Å². The lowest BCUT2D eigenvalue weighted by Gasteiger charge is -2.07. The molecule has 104 valence electrons. The van der Waals surface area contributed by atoms with Crippen molar-refractivity contribution in [2.75, 3.05) is 6.54 Å². The Hall–Kier alpha value is -1.32. The summed E-state index contributed by atoms with van der Waals surface area (Å²) in [5, 5.41) is 13.8. The summed E-state index contributed by atoms with van der Waals surface area (Å²) < 4.78 is 5.96. The summed E-state index contributed by atoms with van der Waals surface area (Å²) in [6, 6.07) is 8.17. The van der Waals surface area contributed by atoms with E-state index < -0.39 is 0 Å². The Morgan fingerprint density at radius 1 is 1.32 bits per heavy atom. The Morgan fingerprint density at radius 2 is 2.11 bits per heavy atom. The van der Waals surface area contributed by atoms with Gasteiger partial charge in [0.05, 0.1) is 6.10 Å². The van der Waals surface area contributed by atoms with Crippen molar-refractivity contribution in [1.29, 1.82) is 0 Å². The third-order valence-corrected chi connectivity index (χ3v) is 3.28. The van der Waals surface area contributed by atoms with Crippen molar-refractivity contribution in [3.8, 4) is 0 Å². The summed E-state index contributed by atoms with van der Waals surface area (Å²) in [7, 11) is 0. The van der Waals surface area contributed by atoms with E-state index in [-0.39, 0.29) is 6.10 Å². The number of aliphatic hydroxyl groups excluding tert-OH is 1. The first-order valence-corrected chi connectivity index (χ1v) is 7.10. The van der Waals surface area contributed by atoms with Crippen LogP contribution in [-0.4, -0.2) is 17.8 Å². The van der Waals surface area contributed by atoms with Gasteiger partial charge in [-0.15, -0.1) is 0 Å². The molecule has 0 bridgehead atoms. The maximum Gasteiger partial charge on any atom is 0.134 e. The van der Waals surface area contributed by atoms with Crippen LogP contribution in [0.3, 0.4) is 0 Å². The SMILES string of the molecule is CCCCc1oc2ccccc2c1CNCC(C)O. The quantitative estimate of drug-likeness (QED) is 0.804. The number of furan rings is 1. The van der Waals surface area contributed by atoms with E-state index in [0.29, 0.717) is 6.54 Å². The van der Waals surface area contributed by atoms with Crippen molar-refractivity contribution in [2.24, 2.45) is 0 Å². The highest BCUT2D eigenvalue weighted by Gasteiger charge is 2.13. The van der Waals surface area contributed by atoms with Crippen LogP contribution in [0.4, 0.5) is 0 Å². The topological polar surface area (TPSA) is 45.4 Å². The van der Waals surface area contributed by atoms with Gasteiger partial charge in [0.15, 0.2) is 0 Å². The molecule has 2 N–H and O–H groups in total. The number of fused-ring (bicyclic) bond motifs is 1. The number of aryl methyl sites for hydroxylation is 1. The van der Waals surface area contributed by atoms with Crippen LogP contribution in [0, 0.1) is 0 Å². The maximum atomic E-state index is 9.32. The molecule has 1 unspecified atom stereocenters. The zero-order valence-corrected chi connectivity index (χ0v) is 11.8. The van der Waals surface area contributed by atoms with Crippen LogP contribution in [0.1, 0.15) is 38.0 Å². The first kappa shape index (κ1) is 14.1. The normalized spacial score (nSPS) is 13.0. The number of benzene rings is 1. The number of aliphatic hydroxyl groups is 1. The highest BCUT2D eigenvalue weighted by atomic mass is 16.3. The van der Waals surface area contributed by atoms with Crippen LogP contribution in [-0.2, 0) is 13.0 Å². The van der Waals surface area contributed by atoms with Gasteiger partial charge >= 0.3 is 0 Å². The van der Waals surface area contributed by atoms with E-state index in [1.807, 2.05) is 18.2 Å². The molecule has 3 nitrogen and oxygen atoms in total. The lowest BCUT2D eigenvalue weighted by atomic mass is 10.1. The molecular weight excluding hydrogens is 238 g/mol. The van der Waals surface area contributed by atoms with Crippen LogP contribution in [0.5, 0.6) is 0 Å². The van der Waals surface area contributed by atoms with Gasteiger partial charge in [-0.3, -0.25) is 0 Å². The number of unbranched alkanes of at least 4 members (excludes halogenated alkanes) is 1. The minimum atomic E-state index is -0.322. The predicted octanol–water partition coefficient (Wildman–Crippen LogP) is 3.25. The molecule has 0 amide bonds. The van der Waals surface area contributed by atoms with Crippen molar-refractivity contribution in [3.63, 3.8) is 0 Å². The molecular formula is C16H23NO2. The average molecular weight is 261 g/mol. The van der Waals surface area contributed by atoms with E-state index >= 15 is 0 Å². The third-order valence-electron chi connectivity index (χ3n) is 3.28. The fourth-order valence-electron chi connectivity index (χ4n) is 2.29. The number of rotatable bonds is 7. The molecule has 0 aliphatic rings. The van der Waals surface area contributed by atoms with E-state index in [9.17, 15) is 5.11 Å². The summed E-state index contributed by atoms with van der Waals surface area (Å²) in [6.07, 6.45) is 2.97. The molecule has 0 radical (unpaired) electrons. The molecule has 1 heterocycles. The monoisotopic (exact) mass is 261 g/mol. The van der Waals surface area contributed by atoms with Gasteiger partial charge in [-0.1, -0.05) is 31.5 Å². The Kier molecular flexibility index (Phi) is 5.00. The van der Waals surface area contributed by atoms with Crippen LogP contribution in [0.2, 0.25) is 0 Å². The fraction of sp³-hybridized carbons (Fsp3) is 0.500. The standard InChI is InChI=1S/C16H23NO2/c1-3-4-8-16-14(11-17-10-12(2)18)13-7-5-6-9-15(13)19-16/h5-7,9,12,17-18H,3-4,8,10-11H2,1-2H3. The van der Waals surface area contributed by atoms with Crippen molar-refractivity contribution in [3.05, 3.63) is 35.6 Å². The smallest absolute Gasteiger partial charge is 0.134 e. The van der Waals surface area contributed by atoms with Gasteiger partial charge in [-0.2, -0.15) is 0 Å². The molecule has 0 saturated carbocycles. The summed E-state index contributed by atoms with van der Waals surface area (Å²) in [6.45, 7) is 5.33. The second kappa shape index (κ2) is 6.73. The summed E-state index contributed by atoms with van der Waals surface area (Å²) >= 11 is 0. The summed E-state index contributed by atoms with van der Waals surface area (Å²) in [5.41, 5.74) is 2.20. The van der Waals surface area contributed by atoms with E-state index in [2.05, 4.69) is 18.3 Å². The number of hydrogen-bond acceptors (Lipinski definition) is 3. The van der Waals surface area contributed by atoms with E-state index in [0.717, 1.165) is 37.2 Å². The molecule has 0 aliphatic carbocycles. The molecule has 2 rings (SSSR count). The van der Waals surface area contributed by atoms with Crippen molar-refractivity contribution < 1.29 is 9.52 Å². The molecule has 0 saturated heterocycles. The zero-order valence-electron chi connectivity index (χ0n) is 11.8. The minimum Gasteiger partial charge on any atom is -0.461 e. The first-order valence-electron chi connectivity index (χ1n) is 7.10. The minimum absolute atomic E-state index is 0.322. The lowest BCUT2D eigenvalue weighted by molar-refractivity contribution is 0.191.